The predicted octanol–water partition coefficient (Wildman–Crippen LogP) is 2.03. The molecular formula is C14H23N3O. The summed E-state index contributed by atoms with van der Waals surface area (Å²) in [7, 11) is 0. The number of nitrogens with zero attached hydrogens (tertiary/aromatic N) is 2. The summed E-state index contributed by atoms with van der Waals surface area (Å²) in [5.41, 5.74) is 2.29. The number of hydrogen-bond acceptors (Lipinski definition) is 4. The standard InChI is InChI=1S/C14H23N3O/c1-4-15-10(2)13-8-16-14(17-11(13)3)7-12-5-6-18-9-12/h8,10,12,15H,4-7,9H2,1-3H3. The molecule has 0 bridgehead atoms. The van der Waals surface area contributed by atoms with E-state index in [1.165, 1.54) is 5.56 Å². The van der Waals surface area contributed by atoms with Crippen LogP contribution in [-0.4, -0.2) is 29.7 Å². The largest absolute Gasteiger partial charge is 0.381 e. The molecule has 0 aliphatic carbocycles. The van der Waals surface area contributed by atoms with Crippen LogP contribution >= 0.6 is 0 Å². The van der Waals surface area contributed by atoms with Gasteiger partial charge in [0, 0.05) is 43.1 Å². The fourth-order valence-corrected chi connectivity index (χ4v) is 2.47. The lowest BCUT2D eigenvalue weighted by atomic mass is 10.0. The molecule has 2 rings (SSSR count). The molecule has 1 aromatic rings. The van der Waals surface area contributed by atoms with Gasteiger partial charge in [-0.25, -0.2) is 9.97 Å². The van der Waals surface area contributed by atoms with E-state index in [1.54, 1.807) is 0 Å². The number of nitrogens with one attached hydrogen (secondary N) is 1. The Labute approximate surface area is 109 Å². The molecule has 0 saturated carbocycles. The van der Waals surface area contributed by atoms with Crippen LogP contribution in [0.5, 0.6) is 0 Å². The second-order valence-electron chi connectivity index (χ2n) is 5.04. The average molecular weight is 249 g/mol. The highest BCUT2D eigenvalue weighted by Crippen LogP contribution is 2.19. The molecule has 2 heterocycles. The third-order valence-electron chi connectivity index (χ3n) is 3.54. The van der Waals surface area contributed by atoms with Gasteiger partial charge in [0.1, 0.15) is 5.82 Å². The molecule has 0 radical (unpaired) electrons. The first-order chi connectivity index (χ1) is 8.70. The minimum Gasteiger partial charge on any atom is -0.381 e. The van der Waals surface area contributed by atoms with Crippen LogP contribution in [0, 0.1) is 12.8 Å². The van der Waals surface area contributed by atoms with Crippen LogP contribution in [0.4, 0.5) is 0 Å². The molecule has 0 spiro atoms. The molecular weight excluding hydrogens is 226 g/mol. The van der Waals surface area contributed by atoms with E-state index in [0.29, 0.717) is 12.0 Å². The van der Waals surface area contributed by atoms with E-state index >= 15 is 0 Å². The first-order valence-electron chi connectivity index (χ1n) is 6.84. The molecule has 18 heavy (non-hydrogen) atoms. The van der Waals surface area contributed by atoms with Crippen molar-refractivity contribution in [3.63, 3.8) is 0 Å². The fraction of sp³-hybridized carbons (Fsp3) is 0.714. The number of hydrogen-bond donors (Lipinski definition) is 1. The van der Waals surface area contributed by atoms with Crippen LogP contribution in [0.25, 0.3) is 0 Å². The molecule has 1 aromatic heterocycles. The Morgan fingerprint density at radius 2 is 2.39 bits per heavy atom. The highest BCUT2D eigenvalue weighted by Gasteiger charge is 2.18. The zero-order valence-electron chi connectivity index (χ0n) is 11.6. The van der Waals surface area contributed by atoms with Gasteiger partial charge in [-0.15, -0.1) is 0 Å². The SMILES string of the molecule is CCNC(C)c1cnc(CC2CCOC2)nc1C. The average Bonchev–Trinajstić information content (AvgIpc) is 2.82. The van der Waals surface area contributed by atoms with E-state index in [9.17, 15) is 0 Å². The Kier molecular flexibility index (Phi) is 4.66. The Balaban J connectivity index is 2.04. The summed E-state index contributed by atoms with van der Waals surface area (Å²) in [6.45, 7) is 9.04. The third-order valence-corrected chi connectivity index (χ3v) is 3.54. The lowest BCUT2D eigenvalue weighted by Gasteiger charge is -2.15. The zero-order chi connectivity index (χ0) is 13.0. The van der Waals surface area contributed by atoms with Crippen molar-refractivity contribution in [2.45, 2.75) is 39.7 Å². The molecule has 0 aromatic carbocycles. The van der Waals surface area contributed by atoms with E-state index in [0.717, 1.165) is 44.1 Å². The van der Waals surface area contributed by atoms with Crippen LogP contribution in [0.3, 0.4) is 0 Å². The van der Waals surface area contributed by atoms with Gasteiger partial charge in [0.05, 0.1) is 0 Å². The molecule has 2 unspecified atom stereocenters. The van der Waals surface area contributed by atoms with Crippen LogP contribution < -0.4 is 5.32 Å². The van der Waals surface area contributed by atoms with Crippen LogP contribution in [0.15, 0.2) is 6.20 Å². The number of aryl methyl sites for hydroxylation is 1. The Hall–Kier alpha value is -1.00. The van der Waals surface area contributed by atoms with Gasteiger partial charge in [0.25, 0.3) is 0 Å². The Bertz CT molecular complexity index is 389. The maximum Gasteiger partial charge on any atom is 0.128 e. The van der Waals surface area contributed by atoms with Crippen molar-refractivity contribution in [1.29, 1.82) is 0 Å². The number of rotatable bonds is 5. The lowest BCUT2D eigenvalue weighted by molar-refractivity contribution is 0.185. The van der Waals surface area contributed by atoms with Crippen LogP contribution in [0.1, 0.15) is 43.4 Å². The molecule has 0 amide bonds. The maximum absolute atomic E-state index is 5.39. The predicted molar refractivity (Wildman–Crippen MR) is 71.5 cm³/mol. The van der Waals surface area contributed by atoms with Crippen molar-refractivity contribution in [2.24, 2.45) is 5.92 Å². The molecule has 4 nitrogen and oxygen atoms in total. The van der Waals surface area contributed by atoms with Gasteiger partial charge in [-0.1, -0.05) is 6.92 Å². The number of aromatic nitrogens is 2. The molecule has 1 N–H and O–H groups in total. The van der Waals surface area contributed by atoms with Gasteiger partial charge in [-0.3, -0.25) is 0 Å². The Morgan fingerprint density at radius 1 is 1.56 bits per heavy atom. The molecule has 2 atom stereocenters. The summed E-state index contributed by atoms with van der Waals surface area (Å²) in [6, 6.07) is 0.318. The summed E-state index contributed by atoms with van der Waals surface area (Å²) in [6.07, 6.45) is 4.05. The molecule has 1 saturated heterocycles. The van der Waals surface area contributed by atoms with E-state index < -0.39 is 0 Å². The van der Waals surface area contributed by atoms with Gasteiger partial charge in [0.2, 0.25) is 0 Å². The van der Waals surface area contributed by atoms with Gasteiger partial charge in [0.15, 0.2) is 0 Å². The zero-order valence-corrected chi connectivity index (χ0v) is 11.6. The van der Waals surface area contributed by atoms with Gasteiger partial charge >= 0.3 is 0 Å². The summed E-state index contributed by atoms with van der Waals surface area (Å²) < 4.78 is 5.39. The van der Waals surface area contributed by atoms with Crippen molar-refractivity contribution in [1.82, 2.24) is 15.3 Å². The molecule has 1 aliphatic heterocycles. The van der Waals surface area contributed by atoms with Gasteiger partial charge in [-0.2, -0.15) is 0 Å². The normalized spacial score (nSPS) is 21.2. The van der Waals surface area contributed by atoms with E-state index in [2.05, 4.69) is 36.1 Å². The summed E-state index contributed by atoms with van der Waals surface area (Å²) >= 11 is 0. The first-order valence-corrected chi connectivity index (χ1v) is 6.84. The minimum atomic E-state index is 0.318. The summed E-state index contributed by atoms with van der Waals surface area (Å²) in [5, 5.41) is 3.40. The summed E-state index contributed by atoms with van der Waals surface area (Å²) in [4.78, 5) is 9.13. The Morgan fingerprint density at radius 3 is 3.00 bits per heavy atom. The van der Waals surface area contributed by atoms with Crippen molar-refractivity contribution >= 4 is 0 Å². The molecule has 1 aliphatic rings. The van der Waals surface area contributed by atoms with Crippen molar-refractivity contribution < 1.29 is 4.74 Å². The van der Waals surface area contributed by atoms with E-state index in [4.69, 9.17) is 4.74 Å². The van der Waals surface area contributed by atoms with Crippen molar-refractivity contribution in [3.05, 3.63) is 23.3 Å². The lowest BCUT2D eigenvalue weighted by Crippen LogP contribution is -2.20. The van der Waals surface area contributed by atoms with Crippen LogP contribution in [-0.2, 0) is 11.2 Å². The molecule has 1 fully saturated rings. The maximum atomic E-state index is 5.39. The van der Waals surface area contributed by atoms with Crippen molar-refractivity contribution in [3.8, 4) is 0 Å². The minimum absolute atomic E-state index is 0.318. The second kappa shape index (κ2) is 6.25. The highest BCUT2D eigenvalue weighted by molar-refractivity contribution is 5.20. The topological polar surface area (TPSA) is 47.0 Å². The monoisotopic (exact) mass is 249 g/mol. The van der Waals surface area contributed by atoms with Crippen molar-refractivity contribution in [2.75, 3.05) is 19.8 Å². The molecule has 4 heteroatoms. The smallest absolute Gasteiger partial charge is 0.128 e. The van der Waals surface area contributed by atoms with E-state index in [-0.39, 0.29) is 0 Å². The van der Waals surface area contributed by atoms with Gasteiger partial charge < -0.3 is 10.1 Å². The second-order valence-corrected chi connectivity index (χ2v) is 5.04. The van der Waals surface area contributed by atoms with E-state index in [1.807, 2.05) is 6.20 Å². The third kappa shape index (κ3) is 3.27. The first kappa shape index (κ1) is 13.4. The summed E-state index contributed by atoms with van der Waals surface area (Å²) in [5.74, 6) is 1.55. The number of ether oxygens (including phenoxy) is 1. The molecule has 100 valence electrons. The quantitative estimate of drug-likeness (QED) is 0.867. The van der Waals surface area contributed by atoms with Gasteiger partial charge in [-0.05, 0) is 32.7 Å². The van der Waals surface area contributed by atoms with Crippen LogP contribution in [0.2, 0.25) is 0 Å². The fourth-order valence-electron chi connectivity index (χ4n) is 2.47. The highest BCUT2D eigenvalue weighted by atomic mass is 16.5.